The van der Waals surface area contributed by atoms with Crippen LogP contribution in [0.15, 0.2) is 48.5 Å². The minimum absolute atomic E-state index is 0.267. The molecule has 0 aromatic heterocycles. The first-order valence-corrected chi connectivity index (χ1v) is 7.40. The van der Waals surface area contributed by atoms with Gasteiger partial charge in [0.05, 0.1) is 12.2 Å². The van der Waals surface area contributed by atoms with Crippen molar-refractivity contribution in [2.45, 2.75) is 13.8 Å². The van der Waals surface area contributed by atoms with Crippen molar-refractivity contribution < 1.29 is 14.3 Å². The zero-order valence-electron chi connectivity index (χ0n) is 13.2. The fourth-order valence-corrected chi connectivity index (χ4v) is 1.95. The number of carbonyl (C=O) groups is 2. The van der Waals surface area contributed by atoms with Crippen LogP contribution >= 0.6 is 0 Å². The summed E-state index contributed by atoms with van der Waals surface area (Å²) in [7, 11) is 0. The fourth-order valence-electron chi connectivity index (χ4n) is 1.95. The van der Waals surface area contributed by atoms with Crippen LogP contribution in [0.3, 0.4) is 0 Å². The molecule has 0 aliphatic carbocycles. The highest BCUT2D eigenvalue weighted by Gasteiger charge is 2.13. The third-order valence-electron chi connectivity index (χ3n) is 3.13. The van der Waals surface area contributed by atoms with Gasteiger partial charge in [-0.3, -0.25) is 9.59 Å². The zero-order valence-corrected chi connectivity index (χ0v) is 13.2. The van der Waals surface area contributed by atoms with Gasteiger partial charge in [-0.2, -0.15) is 0 Å². The highest BCUT2D eigenvalue weighted by atomic mass is 16.5. The van der Waals surface area contributed by atoms with Gasteiger partial charge < -0.3 is 15.8 Å². The van der Waals surface area contributed by atoms with Crippen molar-refractivity contribution in [1.29, 1.82) is 0 Å². The average molecular weight is 312 g/mol. The van der Waals surface area contributed by atoms with Crippen LogP contribution in [-0.4, -0.2) is 18.4 Å². The van der Waals surface area contributed by atoms with Gasteiger partial charge in [0, 0.05) is 11.3 Å². The number of nitrogens with two attached hydrogens (primary N) is 1. The molecule has 0 aliphatic heterocycles. The molecular formula is C18H20N2O3. The molecule has 5 heteroatoms. The van der Waals surface area contributed by atoms with Crippen molar-refractivity contribution in [3.05, 3.63) is 59.7 Å². The van der Waals surface area contributed by atoms with Crippen molar-refractivity contribution in [2.24, 2.45) is 11.7 Å². The first-order chi connectivity index (χ1) is 11.0. The number of nitrogens with one attached hydrogen (secondary N) is 1. The van der Waals surface area contributed by atoms with E-state index in [9.17, 15) is 9.59 Å². The molecule has 2 amide bonds. The SMILES string of the molecule is CC(C)COc1ccccc1C(=O)Nc1ccc(C(N)=O)cc1. The predicted molar refractivity (Wildman–Crippen MR) is 89.7 cm³/mol. The lowest BCUT2D eigenvalue weighted by molar-refractivity contribution is 0.0997. The van der Waals surface area contributed by atoms with Gasteiger partial charge in [-0.1, -0.05) is 26.0 Å². The number of hydrogen-bond donors (Lipinski definition) is 2. The van der Waals surface area contributed by atoms with E-state index in [0.29, 0.717) is 35.1 Å². The van der Waals surface area contributed by atoms with E-state index in [1.54, 1.807) is 42.5 Å². The van der Waals surface area contributed by atoms with E-state index in [1.807, 2.05) is 19.9 Å². The van der Waals surface area contributed by atoms with E-state index in [4.69, 9.17) is 10.5 Å². The van der Waals surface area contributed by atoms with Crippen molar-refractivity contribution in [2.75, 3.05) is 11.9 Å². The normalized spacial score (nSPS) is 10.4. The monoisotopic (exact) mass is 312 g/mol. The van der Waals surface area contributed by atoms with E-state index in [1.165, 1.54) is 0 Å². The van der Waals surface area contributed by atoms with E-state index >= 15 is 0 Å². The number of hydrogen-bond acceptors (Lipinski definition) is 3. The largest absolute Gasteiger partial charge is 0.492 e. The van der Waals surface area contributed by atoms with Crippen LogP contribution in [0.5, 0.6) is 5.75 Å². The van der Waals surface area contributed by atoms with Gasteiger partial charge in [0.2, 0.25) is 5.91 Å². The second kappa shape index (κ2) is 7.45. The molecule has 5 nitrogen and oxygen atoms in total. The molecule has 2 rings (SSSR count). The van der Waals surface area contributed by atoms with Gasteiger partial charge in [-0.05, 0) is 42.3 Å². The lowest BCUT2D eigenvalue weighted by Crippen LogP contribution is -2.15. The molecule has 0 bridgehead atoms. The van der Waals surface area contributed by atoms with Gasteiger partial charge in [-0.15, -0.1) is 0 Å². The molecule has 23 heavy (non-hydrogen) atoms. The van der Waals surface area contributed by atoms with E-state index in [2.05, 4.69) is 5.32 Å². The third kappa shape index (κ3) is 4.57. The Morgan fingerprint density at radius 1 is 1.09 bits per heavy atom. The average Bonchev–Trinajstić information content (AvgIpc) is 2.53. The van der Waals surface area contributed by atoms with Crippen molar-refractivity contribution in [3.63, 3.8) is 0 Å². The van der Waals surface area contributed by atoms with Crippen LogP contribution in [-0.2, 0) is 0 Å². The number of para-hydroxylation sites is 1. The number of primary amides is 1. The molecule has 0 atom stereocenters. The van der Waals surface area contributed by atoms with Gasteiger partial charge in [0.1, 0.15) is 5.75 Å². The van der Waals surface area contributed by atoms with Crippen molar-refractivity contribution in [1.82, 2.24) is 0 Å². The summed E-state index contributed by atoms with van der Waals surface area (Å²) in [6.45, 7) is 4.63. The maximum absolute atomic E-state index is 12.4. The number of carbonyl (C=O) groups excluding carboxylic acids is 2. The van der Waals surface area contributed by atoms with Crippen LogP contribution in [0.1, 0.15) is 34.6 Å². The standard InChI is InChI=1S/C18H20N2O3/c1-12(2)11-23-16-6-4-3-5-15(16)18(22)20-14-9-7-13(8-10-14)17(19)21/h3-10,12H,11H2,1-2H3,(H2,19,21)(H,20,22). The number of rotatable bonds is 6. The first-order valence-electron chi connectivity index (χ1n) is 7.40. The molecule has 0 spiro atoms. The van der Waals surface area contributed by atoms with Crippen LogP contribution in [0.4, 0.5) is 5.69 Å². The van der Waals surface area contributed by atoms with Crippen LogP contribution in [0, 0.1) is 5.92 Å². The second-order valence-corrected chi connectivity index (χ2v) is 5.60. The number of amides is 2. The van der Waals surface area contributed by atoms with Gasteiger partial charge in [0.15, 0.2) is 0 Å². The Morgan fingerprint density at radius 2 is 1.74 bits per heavy atom. The molecule has 0 unspecified atom stereocenters. The quantitative estimate of drug-likeness (QED) is 0.860. The smallest absolute Gasteiger partial charge is 0.259 e. The molecule has 120 valence electrons. The van der Waals surface area contributed by atoms with E-state index < -0.39 is 5.91 Å². The molecule has 2 aromatic carbocycles. The van der Waals surface area contributed by atoms with Crippen LogP contribution < -0.4 is 15.8 Å². The van der Waals surface area contributed by atoms with E-state index in [-0.39, 0.29) is 5.91 Å². The molecule has 0 fully saturated rings. The zero-order chi connectivity index (χ0) is 16.8. The summed E-state index contributed by atoms with van der Waals surface area (Å²) in [5.41, 5.74) is 6.63. The Balaban J connectivity index is 2.12. The van der Waals surface area contributed by atoms with E-state index in [0.717, 1.165) is 0 Å². The van der Waals surface area contributed by atoms with Crippen molar-refractivity contribution in [3.8, 4) is 5.75 Å². The van der Waals surface area contributed by atoms with Gasteiger partial charge in [0.25, 0.3) is 5.91 Å². The predicted octanol–water partition coefficient (Wildman–Crippen LogP) is 3.07. The summed E-state index contributed by atoms with van der Waals surface area (Å²) in [4.78, 5) is 23.5. The Morgan fingerprint density at radius 3 is 2.35 bits per heavy atom. The van der Waals surface area contributed by atoms with Gasteiger partial charge >= 0.3 is 0 Å². The Labute approximate surface area is 135 Å². The molecule has 0 radical (unpaired) electrons. The molecule has 0 heterocycles. The summed E-state index contributed by atoms with van der Waals surface area (Å²) in [5, 5.41) is 2.78. The summed E-state index contributed by atoms with van der Waals surface area (Å²) >= 11 is 0. The first kappa shape index (κ1) is 16.5. The Hall–Kier alpha value is -2.82. The van der Waals surface area contributed by atoms with Crippen molar-refractivity contribution >= 4 is 17.5 Å². The second-order valence-electron chi connectivity index (χ2n) is 5.60. The molecule has 2 aromatic rings. The summed E-state index contributed by atoms with van der Waals surface area (Å²) in [6.07, 6.45) is 0. The van der Waals surface area contributed by atoms with Gasteiger partial charge in [-0.25, -0.2) is 0 Å². The number of benzene rings is 2. The minimum atomic E-state index is -0.504. The topological polar surface area (TPSA) is 81.4 Å². The summed E-state index contributed by atoms with van der Waals surface area (Å²) < 4.78 is 5.69. The summed E-state index contributed by atoms with van der Waals surface area (Å²) in [5.74, 6) is 0.145. The molecule has 0 saturated carbocycles. The lowest BCUT2D eigenvalue weighted by atomic mass is 10.1. The highest BCUT2D eigenvalue weighted by molar-refractivity contribution is 6.06. The molecular weight excluding hydrogens is 292 g/mol. The molecule has 0 saturated heterocycles. The fraction of sp³-hybridized carbons (Fsp3) is 0.222. The highest BCUT2D eigenvalue weighted by Crippen LogP contribution is 2.20. The van der Waals surface area contributed by atoms with Crippen LogP contribution in [0.2, 0.25) is 0 Å². The number of anilines is 1. The lowest BCUT2D eigenvalue weighted by Gasteiger charge is -2.13. The Kier molecular flexibility index (Phi) is 5.36. The summed E-state index contributed by atoms with van der Waals surface area (Å²) in [6, 6.07) is 13.5. The van der Waals surface area contributed by atoms with Crippen LogP contribution in [0.25, 0.3) is 0 Å². The molecule has 3 N–H and O–H groups in total. The third-order valence-corrected chi connectivity index (χ3v) is 3.13. The minimum Gasteiger partial charge on any atom is -0.492 e. The maximum Gasteiger partial charge on any atom is 0.259 e. The Bertz CT molecular complexity index is 694. The molecule has 0 aliphatic rings. The maximum atomic E-state index is 12.4. The number of ether oxygens (including phenoxy) is 1.